The quantitative estimate of drug-likeness (QED) is 0.831. The number of aromatic carboxylic acids is 1. The number of carbonyl (C=O) groups is 2. The Morgan fingerprint density at radius 1 is 1.53 bits per heavy atom. The standard InChI is InChI=1S/C13H15NO5/c1-18-9-3-4-11(10(6-9)13(16)17)19-7-8-2-5-12(15)14-8/h3-4,6,8H,2,5,7H2,1H3,(H,14,15)(H,16,17). The SMILES string of the molecule is COc1ccc(OCC2CCC(=O)N2)c(C(=O)O)c1. The summed E-state index contributed by atoms with van der Waals surface area (Å²) in [5.74, 6) is -0.348. The van der Waals surface area contributed by atoms with Crippen molar-refractivity contribution in [1.82, 2.24) is 5.32 Å². The van der Waals surface area contributed by atoms with Crippen LogP contribution < -0.4 is 14.8 Å². The summed E-state index contributed by atoms with van der Waals surface area (Å²) in [4.78, 5) is 22.2. The highest BCUT2D eigenvalue weighted by atomic mass is 16.5. The summed E-state index contributed by atoms with van der Waals surface area (Å²) < 4.78 is 10.5. The van der Waals surface area contributed by atoms with Crippen molar-refractivity contribution < 1.29 is 24.2 Å². The number of hydrogen-bond acceptors (Lipinski definition) is 4. The molecule has 2 N–H and O–H groups in total. The predicted molar refractivity (Wildman–Crippen MR) is 66.6 cm³/mol. The van der Waals surface area contributed by atoms with E-state index in [0.717, 1.165) is 0 Å². The molecule has 1 aromatic rings. The third-order valence-corrected chi connectivity index (χ3v) is 2.94. The first-order valence-corrected chi connectivity index (χ1v) is 5.93. The number of rotatable bonds is 5. The van der Waals surface area contributed by atoms with Gasteiger partial charge in [-0.2, -0.15) is 0 Å². The lowest BCUT2D eigenvalue weighted by Gasteiger charge is -2.14. The van der Waals surface area contributed by atoms with E-state index in [1.807, 2.05) is 0 Å². The molecule has 1 aliphatic rings. The van der Waals surface area contributed by atoms with Crippen LogP contribution in [-0.4, -0.2) is 36.7 Å². The van der Waals surface area contributed by atoms with Gasteiger partial charge < -0.3 is 19.9 Å². The van der Waals surface area contributed by atoms with Gasteiger partial charge in [0.1, 0.15) is 23.7 Å². The zero-order chi connectivity index (χ0) is 13.8. The number of methoxy groups -OCH3 is 1. The van der Waals surface area contributed by atoms with Gasteiger partial charge in [-0.15, -0.1) is 0 Å². The smallest absolute Gasteiger partial charge is 0.339 e. The maximum atomic E-state index is 11.1. The van der Waals surface area contributed by atoms with Gasteiger partial charge in [0.2, 0.25) is 5.91 Å². The molecule has 2 rings (SSSR count). The van der Waals surface area contributed by atoms with Crippen molar-refractivity contribution in [3.63, 3.8) is 0 Å². The highest BCUT2D eigenvalue weighted by Gasteiger charge is 2.22. The molecule has 6 nitrogen and oxygen atoms in total. The number of benzene rings is 1. The lowest BCUT2D eigenvalue weighted by Crippen LogP contribution is -2.31. The molecule has 1 aliphatic heterocycles. The Morgan fingerprint density at radius 2 is 2.32 bits per heavy atom. The number of carbonyl (C=O) groups excluding carboxylic acids is 1. The second kappa shape index (κ2) is 5.60. The molecule has 1 amide bonds. The van der Waals surface area contributed by atoms with Crippen molar-refractivity contribution in [2.24, 2.45) is 0 Å². The minimum Gasteiger partial charge on any atom is -0.497 e. The molecular formula is C13H15NO5. The van der Waals surface area contributed by atoms with E-state index in [4.69, 9.17) is 14.6 Å². The molecule has 1 aromatic carbocycles. The minimum atomic E-state index is -1.08. The monoisotopic (exact) mass is 265 g/mol. The van der Waals surface area contributed by atoms with Crippen LogP contribution in [0.5, 0.6) is 11.5 Å². The molecule has 102 valence electrons. The molecule has 1 unspecified atom stereocenters. The van der Waals surface area contributed by atoms with E-state index in [9.17, 15) is 9.59 Å². The van der Waals surface area contributed by atoms with Crippen LogP contribution in [0.2, 0.25) is 0 Å². The summed E-state index contributed by atoms with van der Waals surface area (Å²) >= 11 is 0. The molecule has 1 saturated heterocycles. The van der Waals surface area contributed by atoms with Crippen molar-refractivity contribution in [3.8, 4) is 11.5 Å². The first-order chi connectivity index (χ1) is 9.10. The predicted octanol–water partition coefficient (Wildman–Crippen LogP) is 1.05. The second-order valence-corrected chi connectivity index (χ2v) is 4.28. The van der Waals surface area contributed by atoms with Gasteiger partial charge in [-0.1, -0.05) is 0 Å². The number of hydrogen-bond donors (Lipinski definition) is 2. The fraction of sp³-hybridized carbons (Fsp3) is 0.385. The van der Waals surface area contributed by atoms with Gasteiger partial charge in [-0.05, 0) is 24.6 Å². The van der Waals surface area contributed by atoms with Crippen LogP contribution in [-0.2, 0) is 4.79 Å². The van der Waals surface area contributed by atoms with Crippen LogP contribution >= 0.6 is 0 Å². The summed E-state index contributed by atoms with van der Waals surface area (Å²) in [5, 5.41) is 11.9. The largest absolute Gasteiger partial charge is 0.497 e. The van der Waals surface area contributed by atoms with Crippen LogP contribution in [0, 0.1) is 0 Å². The van der Waals surface area contributed by atoms with Gasteiger partial charge in [0.05, 0.1) is 13.2 Å². The molecular weight excluding hydrogens is 250 g/mol. The van der Waals surface area contributed by atoms with E-state index >= 15 is 0 Å². The zero-order valence-electron chi connectivity index (χ0n) is 10.5. The van der Waals surface area contributed by atoms with Crippen LogP contribution in [0.15, 0.2) is 18.2 Å². The van der Waals surface area contributed by atoms with E-state index < -0.39 is 5.97 Å². The molecule has 6 heteroatoms. The second-order valence-electron chi connectivity index (χ2n) is 4.28. The van der Waals surface area contributed by atoms with Crippen LogP contribution in [0.3, 0.4) is 0 Å². The lowest BCUT2D eigenvalue weighted by atomic mass is 10.2. The summed E-state index contributed by atoms with van der Waals surface area (Å²) in [5.41, 5.74) is 0.0451. The number of carboxylic acid groups (broad SMARTS) is 1. The summed E-state index contributed by atoms with van der Waals surface area (Å²) in [6, 6.07) is 4.54. The molecule has 1 fully saturated rings. The van der Waals surface area contributed by atoms with Gasteiger partial charge in [-0.25, -0.2) is 4.79 Å². The van der Waals surface area contributed by atoms with E-state index in [2.05, 4.69) is 5.32 Å². The van der Waals surface area contributed by atoms with Gasteiger partial charge in [0.25, 0.3) is 0 Å². The Bertz CT molecular complexity index is 500. The Balaban J connectivity index is 2.06. The molecule has 19 heavy (non-hydrogen) atoms. The molecule has 0 radical (unpaired) electrons. The van der Waals surface area contributed by atoms with Gasteiger partial charge in [0.15, 0.2) is 0 Å². The third kappa shape index (κ3) is 3.15. The minimum absolute atomic E-state index is 0.00166. The fourth-order valence-corrected chi connectivity index (χ4v) is 1.92. The van der Waals surface area contributed by atoms with Crippen molar-refractivity contribution in [1.29, 1.82) is 0 Å². The molecule has 0 aromatic heterocycles. The van der Waals surface area contributed by atoms with Gasteiger partial charge in [-0.3, -0.25) is 4.79 Å². The van der Waals surface area contributed by atoms with Crippen LogP contribution in [0.1, 0.15) is 23.2 Å². The first kappa shape index (κ1) is 13.2. The van der Waals surface area contributed by atoms with Crippen molar-refractivity contribution in [2.45, 2.75) is 18.9 Å². The first-order valence-electron chi connectivity index (χ1n) is 5.93. The molecule has 0 saturated carbocycles. The zero-order valence-corrected chi connectivity index (χ0v) is 10.5. The van der Waals surface area contributed by atoms with Crippen molar-refractivity contribution >= 4 is 11.9 Å². The topological polar surface area (TPSA) is 84.9 Å². The summed E-state index contributed by atoms with van der Waals surface area (Å²) in [6.45, 7) is 0.262. The van der Waals surface area contributed by atoms with Crippen LogP contribution in [0.25, 0.3) is 0 Å². The number of carboxylic acids is 1. The normalized spacial score (nSPS) is 17.9. The van der Waals surface area contributed by atoms with Crippen molar-refractivity contribution in [2.75, 3.05) is 13.7 Å². The lowest BCUT2D eigenvalue weighted by molar-refractivity contribution is -0.119. The summed E-state index contributed by atoms with van der Waals surface area (Å²) in [7, 11) is 1.47. The molecule has 0 aliphatic carbocycles. The molecule has 0 spiro atoms. The van der Waals surface area contributed by atoms with E-state index in [0.29, 0.717) is 18.6 Å². The fourth-order valence-electron chi connectivity index (χ4n) is 1.92. The molecule has 0 bridgehead atoms. The highest BCUT2D eigenvalue weighted by Crippen LogP contribution is 2.24. The van der Waals surface area contributed by atoms with E-state index in [-0.39, 0.29) is 29.9 Å². The highest BCUT2D eigenvalue weighted by molar-refractivity contribution is 5.91. The third-order valence-electron chi connectivity index (χ3n) is 2.94. The summed E-state index contributed by atoms with van der Waals surface area (Å²) in [6.07, 6.45) is 1.19. The van der Waals surface area contributed by atoms with Crippen molar-refractivity contribution in [3.05, 3.63) is 23.8 Å². The number of ether oxygens (including phenoxy) is 2. The Hall–Kier alpha value is -2.24. The Labute approximate surface area is 110 Å². The molecule has 1 heterocycles. The number of amides is 1. The Kier molecular flexibility index (Phi) is 3.89. The maximum absolute atomic E-state index is 11.1. The average molecular weight is 265 g/mol. The average Bonchev–Trinajstić information content (AvgIpc) is 2.82. The Morgan fingerprint density at radius 3 is 2.89 bits per heavy atom. The van der Waals surface area contributed by atoms with Crippen LogP contribution in [0.4, 0.5) is 0 Å². The van der Waals surface area contributed by atoms with E-state index in [1.165, 1.54) is 13.2 Å². The van der Waals surface area contributed by atoms with Gasteiger partial charge >= 0.3 is 5.97 Å². The molecule has 1 atom stereocenters. The maximum Gasteiger partial charge on any atom is 0.339 e. The van der Waals surface area contributed by atoms with Gasteiger partial charge in [0, 0.05) is 6.42 Å². The number of nitrogens with one attached hydrogen (secondary N) is 1. The van der Waals surface area contributed by atoms with E-state index in [1.54, 1.807) is 12.1 Å².